The maximum Gasteiger partial charge on any atom is 0.0537 e. The predicted molar refractivity (Wildman–Crippen MR) is 60.4 cm³/mol. The minimum atomic E-state index is 0.696. The number of aryl methyl sites for hydroxylation is 1. The molecule has 1 aromatic rings. The van der Waals surface area contributed by atoms with Crippen LogP contribution in [0.25, 0.3) is 0 Å². The van der Waals surface area contributed by atoms with E-state index in [1.54, 1.807) is 0 Å². The summed E-state index contributed by atoms with van der Waals surface area (Å²) in [4.78, 5) is 2.47. The largest absolute Gasteiger partial charge is 0.330 e. The highest BCUT2D eigenvalue weighted by Crippen LogP contribution is 2.18. The van der Waals surface area contributed by atoms with Gasteiger partial charge in [-0.25, -0.2) is 0 Å². The molecule has 0 aromatic carbocycles. The standard InChI is InChI=1S/C11H20N4/c1-9-11(6-13-14(9)2)8-15-4-3-10(5-12)7-15/h6,10H,3-5,7-8,12H2,1-2H3. The van der Waals surface area contributed by atoms with Crippen LogP contribution in [0.1, 0.15) is 17.7 Å². The third-order valence-electron chi connectivity index (χ3n) is 3.43. The molecule has 4 heteroatoms. The van der Waals surface area contributed by atoms with Gasteiger partial charge >= 0.3 is 0 Å². The zero-order valence-electron chi connectivity index (χ0n) is 9.61. The van der Waals surface area contributed by atoms with Gasteiger partial charge in [0.2, 0.25) is 0 Å². The Morgan fingerprint density at radius 3 is 2.93 bits per heavy atom. The van der Waals surface area contributed by atoms with Gasteiger partial charge in [0, 0.05) is 31.4 Å². The number of likely N-dealkylation sites (tertiary alicyclic amines) is 1. The van der Waals surface area contributed by atoms with Crippen molar-refractivity contribution in [2.45, 2.75) is 19.9 Å². The Morgan fingerprint density at radius 2 is 2.40 bits per heavy atom. The smallest absolute Gasteiger partial charge is 0.0537 e. The molecular weight excluding hydrogens is 188 g/mol. The van der Waals surface area contributed by atoms with Crippen molar-refractivity contribution in [2.75, 3.05) is 19.6 Å². The third-order valence-corrected chi connectivity index (χ3v) is 3.43. The lowest BCUT2D eigenvalue weighted by molar-refractivity contribution is 0.317. The van der Waals surface area contributed by atoms with E-state index >= 15 is 0 Å². The van der Waals surface area contributed by atoms with Gasteiger partial charge in [0.25, 0.3) is 0 Å². The number of aromatic nitrogens is 2. The van der Waals surface area contributed by atoms with Gasteiger partial charge in [0.15, 0.2) is 0 Å². The fourth-order valence-electron chi connectivity index (χ4n) is 2.19. The molecule has 0 spiro atoms. The van der Waals surface area contributed by atoms with Crippen LogP contribution in [0.5, 0.6) is 0 Å². The van der Waals surface area contributed by atoms with Gasteiger partial charge in [-0.1, -0.05) is 0 Å². The molecule has 1 aromatic heterocycles. The third kappa shape index (κ3) is 2.21. The SMILES string of the molecule is Cc1c(CN2CCC(CN)C2)cnn1C. The number of rotatable bonds is 3. The summed E-state index contributed by atoms with van der Waals surface area (Å²) in [5.74, 6) is 0.696. The molecule has 0 amide bonds. The fourth-order valence-corrected chi connectivity index (χ4v) is 2.19. The lowest BCUT2D eigenvalue weighted by Crippen LogP contribution is -2.23. The van der Waals surface area contributed by atoms with E-state index in [9.17, 15) is 0 Å². The molecule has 1 aliphatic rings. The highest BCUT2D eigenvalue weighted by Gasteiger charge is 2.21. The molecule has 2 N–H and O–H groups in total. The number of hydrogen-bond acceptors (Lipinski definition) is 3. The van der Waals surface area contributed by atoms with Crippen LogP contribution in [0.4, 0.5) is 0 Å². The molecule has 1 fully saturated rings. The van der Waals surface area contributed by atoms with Gasteiger partial charge in [-0.3, -0.25) is 9.58 Å². The minimum absolute atomic E-state index is 0.696. The normalized spacial score (nSPS) is 22.5. The van der Waals surface area contributed by atoms with E-state index in [1.165, 1.54) is 24.2 Å². The molecule has 0 aliphatic carbocycles. The number of hydrogen-bond donors (Lipinski definition) is 1. The fraction of sp³-hybridized carbons (Fsp3) is 0.727. The second-order valence-electron chi connectivity index (χ2n) is 4.50. The van der Waals surface area contributed by atoms with Crippen LogP contribution in [0.15, 0.2) is 6.20 Å². The van der Waals surface area contributed by atoms with Crippen LogP contribution in [-0.2, 0) is 13.6 Å². The first kappa shape index (κ1) is 10.6. The second kappa shape index (κ2) is 4.33. The molecule has 0 bridgehead atoms. The average molecular weight is 208 g/mol. The highest BCUT2D eigenvalue weighted by atomic mass is 15.3. The van der Waals surface area contributed by atoms with Crippen molar-refractivity contribution in [1.29, 1.82) is 0 Å². The van der Waals surface area contributed by atoms with E-state index in [2.05, 4.69) is 16.9 Å². The maximum absolute atomic E-state index is 5.68. The summed E-state index contributed by atoms with van der Waals surface area (Å²) >= 11 is 0. The zero-order valence-corrected chi connectivity index (χ0v) is 9.61. The summed E-state index contributed by atoms with van der Waals surface area (Å²) in [6.07, 6.45) is 3.22. The lowest BCUT2D eigenvalue weighted by Gasteiger charge is -2.15. The minimum Gasteiger partial charge on any atom is -0.330 e. The molecule has 0 radical (unpaired) electrons. The second-order valence-corrected chi connectivity index (χ2v) is 4.50. The molecule has 1 atom stereocenters. The Bertz CT molecular complexity index is 331. The summed E-state index contributed by atoms with van der Waals surface area (Å²) in [7, 11) is 1.99. The van der Waals surface area contributed by atoms with Gasteiger partial charge < -0.3 is 5.73 Å². The molecule has 2 rings (SSSR count). The van der Waals surface area contributed by atoms with E-state index in [0.29, 0.717) is 5.92 Å². The molecule has 0 saturated carbocycles. The van der Waals surface area contributed by atoms with Crippen molar-refractivity contribution in [2.24, 2.45) is 18.7 Å². The lowest BCUT2D eigenvalue weighted by atomic mass is 10.1. The van der Waals surface area contributed by atoms with E-state index in [-0.39, 0.29) is 0 Å². The van der Waals surface area contributed by atoms with Gasteiger partial charge in [0.1, 0.15) is 0 Å². The molecular formula is C11H20N4. The summed E-state index contributed by atoms with van der Waals surface area (Å²) in [6.45, 7) is 6.29. The topological polar surface area (TPSA) is 47.1 Å². The predicted octanol–water partition coefficient (Wildman–Crippen LogP) is 0.509. The van der Waals surface area contributed by atoms with Crippen molar-refractivity contribution in [3.05, 3.63) is 17.5 Å². The monoisotopic (exact) mass is 208 g/mol. The van der Waals surface area contributed by atoms with Crippen LogP contribution in [0, 0.1) is 12.8 Å². The summed E-state index contributed by atoms with van der Waals surface area (Å²) in [6, 6.07) is 0. The molecule has 1 aliphatic heterocycles. The number of nitrogens with two attached hydrogens (primary N) is 1. The molecule has 1 saturated heterocycles. The van der Waals surface area contributed by atoms with Crippen LogP contribution < -0.4 is 5.73 Å². The van der Waals surface area contributed by atoms with Gasteiger partial charge in [-0.05, 0) is 32.4 Å². The highest BCUT2D eigenvalue weighted by molar-refractivity contribution is 5.15. The first-order valence-corrected chi connectivity index (χ1v) is 5.60. The van der Waals surface area contributed by atoms with Crippen molar-refractivity contribution in [3.63, 3.8) is 0 Å². The Morgan fingerprint density at radius 1 is 1.60 bits per heavy atom. The van der Waals surface area contributed by atoms with E-state index < -0.39 is 0 Å². The Balaban J connectivity index is 1.95. The van der Waals surface area contributed by atoms with Crippen molar-refractivity contribution < 1.29 is 0 Å². The quantitative estimate of drug-likeness (QED) is 0.787. The maximum atomic E-state index is 5.68. The molecule has 2 heterocycles. The summed E-state index contributed by atoms with van der Waals surface area (Å²) in [5.41, 5.74) is 8.29. The molecule has 84 valence electrons. The van der Waals surface area contributed by atoms with E-state index in [4.69, 9.17) is 5.73 Å². The number of nitrogens with zero attached hydrogens (tertiary/aromatic N) is 3. The first-order valence-electron chi connectivity index (χ1n) is 5.60. The van der Waals surface area contributed by atoms with Crippen molar-refractivity contribution >= 4 is 0 Å². The molecule has 1 unspecified atom stereocenters. The van der Waals surface area contributed by atoms with E-state index in [1.807, 2.05) is 17.9 Å². The van der Waals surface area contributed by atoms with Gasteiger partial charge in [0.05, 0.1) is 6.20 Å². The van der Waals surface area contributed by atoms with Crippen molar-refractivity contribution in [1.82, 2.24) is 14.7 Å². The average Bonchev–Trinajstić information content (AvgIpc) is 2.80. The Kier molecular flexibility index (Phi) is 3.07. The van der Waals surface area contributed by atoms with Crippen LogP contribution in [-0.4, -0.2) is 34.3 Å². The Hall–Kier alpha value is -0.870. The van der Waals surface area contributed by atoms with E-state index in [0.717, 1.165) is 19.6 Å². The van der Waals surface area contributed by atoms with Gasteiger partial charge in [-0.15, -0.1) is 0 Å². The van der Waals surface area contributed by atoms with Crippen LogP contribution in [0.2, 0.25) is 0 Å². The molecule has 15 heavy (non-hydrogen) atoms. The molecule has 4 nitrogen and oxygen atoms in total. The first-order chi connectivity index (χ1) is 7.20. The zero-order chi connectivity index (χ0) is 10.8. The Labute approximate surface area is 91.1 Å². The van der Waals surface area contributed by atoms with Crippen LogP contribution >= 0.6 is 0 Å². The summed E-state index contributed by atoms with van der Waals surface area (Å²) < 4.78 is 1.94. The van der Waals surface area contributed by atoms with Crippen LogP contribution in [0.3, 0.4) is 0 Å². The van der Waals surface area contributed by atoms with Crippen molar-refractivity contribution in [3.8, 4) is 0 Å². The summed E-state index contributed by atoms with van der Waals surface area (Å²) in [5, 5.41) is 4.26. The van der Waals surface area contributed by atoms with Gasteiger partial charge in [-0.2, -0.15) is 5.10 Å².